The minimum absolute atomic E-state index is 0.128. The molecule has 16 heavy (non-hydrogen) atoms. The highest BCUT2D eigenvalue weighted by atomic mass is 35.5. The number of phenolic OH excluding ortho intramolecular Hbond substituents is 1. The van der Waals surface area contributed by atoms with Crippen molar-refractivity contribution in [3.8, 4) is 5.75 Å². The maximum atomic E-state index is 11.7. The van der Waals surface area contributed by atoms with Crippen molar-refractivity contribution in [2.45, 2.75) is 19.4 Å². The van der Waals surface area contributed by atoms with Gasteiger partial charge in [-0.3, -0.25) is 4.79 Å². The number of hydrogen-bond acceptors (Lipinski definition) is 3. The summed E-state index contributed by atoms with van der Waals surface area (Å²) < 4.78 is 0. The van der Waals surface area contributed by atoms with Crippen LogP contribution in [0.4, 0.5) is 0 Å². The predicted molar refractivity (Wildman–Crippen MR) is 61.7 cm³/mol. The van der Waals surface area contributed by atoms with Crippen LogP contribution in [0.2, 0.25) is 5.02 Å². The molecule has 3 N–H and O–H groups in total. The van der Waals surface area contributed by atoms with E-state index < -0.39 is 5.91 Å². The monoisotopic (exact) mass is 243 g/mol. The molecule has 0 aromatic heterocycles. The molecule has 0 fully saturated rings. The van der Waals surface area contributed by atoms with Gasteiger partial charge in [-0.15, -0.1) is 0 Å². The molecule has 1 aromatic rings. The summed E-state index contributed by atoms with van der Waals surface area (Å²) in [5.41, 5.74) is 0.149. The number of carbonyl (C=O) groups excluding carboxylic acids is 1. The molecule has 88 valence electrons. The van der Waals surface area contributed by atoms with Crippen LogP contribution in [0, 0.1) is 0 Å². The lowest BCUT2D eigenvalue weighted by molar-refractivity contribution is 0.0912. The van der Waals surface area contributed by atoms with Gasteiger partial charge < -0.3 is 15.5 Å². The molecule has 1 rings (SSSR count). The summed E-state index contributed by atoms with van der Waals surface area (Å²) in [6, 6.07) is 3.96. The zero-order chi connectivity index (χ0) is 12.1. The first kappa shape index (κ1) is 12.8. The molecule has 0 unspecified atom stereocenters. The van der Waals surface area contributed by atoms with Crippen LogP contribution in [-0.2, 0) is 0 Å². The minimum atomic E-state index is -0.421. The first-order chi connectivity index (χ1) is 7.58. The lowest BCUT2D eigenvalue weighted by atomic mass is 10.1. The molecular formula is C11H14ClNO3. The molecule has 0 spiro atoms. The van der Waals surface area contributed by atoms with Crippen molar-refractivity contribution in [2.24, 2.45) is 0 Å². The first-order valence-electron chi connectivity index (χ1n) is 4.98. The predicted octanol–water partition coefficient (Wildman–Crippen LogP) is 1.55. The third-order valence-corrected chi connectivity index (χ3v) is 2.49. The molecule has 1 atom stereocenters. The topological polar surface area (TPSA) is 69.6 Å². The Balaban J connectivity index is 2.80. The van der Waals surface area contributed by atoms with Crippen LogP contribution in [0.1, 0.15) is 23.7 Å². The Morgan fingerprint density at radius 1 is 1.56 bits per heavy atom. The molecule has 0 saturated carbocycles. The van der Waals surface area contributed by atoms with Gasteiger partial charge in [-0.2, -0.15) is 0 Å². The molecule has 5 heteroatoms. The van der Waals surface area contributed by atoms with Gasteiger partial charge in [0.15, 0.2) is 0 Å². The largest absolute Gasteiger partial charge is 0.507 e. The van der Waals surface area contributed by atoms with Gasteiger partial charge in [-0.1, -0.05) is 18.5 Å². The average Bonchev–Trinajstić information content (AvgIpc) is 2.25. The van der Waals surface area contributed by atoms with Gasteiger partial charge in [0.1, 0.15) is 5.75 Å². The van der Waals surface area contributed by atoms with Crippen molar-refractivity contribution in [3.05, 3.63) is 28.8 Å². The second-order valence-corrected chi connectivity index (χ2v) is 3.86. The van der Waals surface area contributed by atoms with E-state index in [0.717, 1.165) is 0 Å². The lowest BCUT2D eigenvalue weighted by Gasteiger charge is -2.14. The standard InChI is InChI=1S/C11H14ClNO3/c1-2-8(6-14)13-11(16)9-4-3-7(12)5-10(9)15/h3-5,8,14-15H,2,6H2,1H3,(H,13,16)/t8-/m0/s1. The van der Waals surface area contributed by atoms with Crippen molar-refractivity contribution in [1.29, 1.82) is 0 Å². The van der Waals surface area contributed by atoms with E-state index in [1.54, 1.807) is 0 Å². The molecule has 1 aromatic carbocycles. The Kier molecular flexibility index (Phi) is 4.58. The number of carbonyl (C=O) groups is 1. The Hall–Kier alpha value is -1.26. The molecular weight excluding hydrogens is 230 g/mol. The van der Waals surface area contributed by atoms with Gasteiger partial charge in [0.25, 0.3) is 5.91 Å². The molecule has 0 aliphatic heterocycles. The Morgan fingerprint density at radius 2 is 2.25 bits per heavy atom. The number of amides is 1. The van der Waals surface area contributed by atoms with Gasteiger partial charge >= 0.3 is 0 Å². The number of phenols is 1. The SMILES string of the molecule is CC[C@@H](CO)NC(=O)c1ccc(Cl)cc1O. The number of aliphatic hydroxyl groups is 1. The van der Waals surface area contributed by atoms with Crippen LogP contribution in [0.25, 0.3) is 0 Å². The fraction of sp³-hybridized carbons (Fsp3) is 0.364. The van der Waals surface area contributed by atoms with Gasteiger partial charge in [0.2, 0.25) is 0 Å². The molecule has 0 aliphatic carbocycles. The molecule has 4 nitrogen and oxygen atoms in total. The number of benzene rings is 1. The summed E-state index contributed by atoms with van der Waals surface area (Å²) in [6.45, 7) is 1.72. The van der Waals surface area contributed by atoms with Crippen molar-refractivity contribution >= 4 is 17.5 Å². The van der Waals surface area contributed by atoms with E-state index in [9.17, 15) is 9.90 Å². The van der Waals surface area contributed by atoms with Crippen molar-refractivity contribution in [3.63, 3.8) is 0 Å². The van der Waals surface area contributed by atoms with Crippen molar-refractivity contribution < 1.29 is 15.0 Å². The molecule has 0 aliphatic rings. The zero-order valence-corrected chi connectivity index (χ0v) is 9.66. The first-order valence-corrected chi connectivity index (χ1v) is 5.36. The van der Waals surface area contributed by atoms with E-state index in [1.807, 2.05) is 6.92 Å². The molecule has 0 heterocycles. The summed E-state index contributed by atoms with van der Waals surface area (Å²) in [5.74, 6) is -0.590. The number of rotatable bonds is 4. The molecule has 0 radical (unpaired) electrons. The number of aliphatic hydroxyl groups excluding tert-OH is 1. The normalized spacial score (nSPS) is 12.2. The fourth-order valence-electron chi connectivity index (χ4n) is 1.24. The zero-order valence-electron chi connectivity index (χ0n) is 8.90. The summed E-state index contributed by atoms with van der Waals surface area (Å²) in [4.78, 5) is 11.7. The summed E-state index contributed by atoms with van der Waals surface area (Å²) >= 11 is 5.65. The maximum Gasteiger partial charge on any atom is 0.255 e. The quantitative estimate of drug-likeness (QED) is 0.752. The van der Waals surface area contributed by atoms with Crippen LogP contribution < -0.4 is 5.32 Å². The summed E-state index contributed by atoms with van der Waals surface area (Å²) in [7, 11) is 0. The fourth-order valence-corrected chi connectivity index (χ4v) is 1.40. The van der Waals surface area contributed by atoms with E-state index in [4.69, 9.17) is 16.7 Å². The van der Waals surface area contributed by atoms with Crippen LogP contribution in [0.5, 0.6) is 5.75 Å². The van der Waals surface area contributed by atoms with E-state index >= 15 is 0 Å². The second kappa shape index (κ2) is 5.72. The van der Waals surface area contributed by atoms with Gasteiger partial charge in [-0.25, -0.2) is 0 Å². The van der Waals surface area contributed by atoms with Crippen LogP contribution >= 0.6 is 11.6 Å². The highest BCUT2D eigenvalue weighted by molar-refractivity contribution is 6.30. The Bertz CT molecular complexity index is 377. The molecule has 0 bridgehead atoms. The minimum Gasteiger partial charge on any atom is -0.507 e. The van der Waals surface area contributed by atoms with Crippen LogP contribution in [0.15, 0.2) is 18.2 Å². The van der Waals surface area contributed by atoms with E-state index in [2.05, 4.69) is 5.32 Å². The van der Waals surface area contributed by atoms with Gasteiger partial charge in [-0.05, 0) is 24.6 Å². The Morgan fingerprint density at radius 3 is 2.75 bits per heavy atom. The van der Waals surface area contributed by atoms with Gasteiger partial charge in [0.05, 0.1) is 18.2 Å². The third kappa shape index (κ3) is 3.12. The Labute approximate surface area is 98.9 Å². The van der Waals surface area contributed by atoms with E-state index in [0.29, 0.717) is 11.4 Å². The second-order valence-electron chi connectivity index (χ2n) is 3.42. The lowest BCUT2D eigenvalue weighted by Crippen LogP contribution is -2.36. The average molecular weight is 244 g/mol. The molecule has 1 amide bonds. The smallest absolute Gasteiger partial charge is 0.255 e. The van der Waals surface area contributed by atoms with Crippen molar-refractivity contribution in [2.75, 3.05) is 6.61 Å². The third-order valence-electron chi connectivity index (χ3n) is 2.25. The van der Waals surface area contributed by atoms with Crippen LogP contribution in [0.3, 0.4) is 0 Å². The van der Waals surface area contributed by atoms with Crippen LogP contribution in [-0.4, -0.2) is 28.8 Å². The summed E-state index contributed by atoms with van der Waals surface area (Å²) in [6.07, 6.45) is 0.622. The highest BCUT2D eigenvalue weighted by Gasteiger charge is 2.14. The van der Waals surface area contributed by atoms with Gasteiger partial charge in [0, 0.05) is 5.02 Å². The van der Waals surface area contributed by atoms with E-state index in [-0.39, 0.29) is 24.0 Å². The number of nitrogens with one attached hydrogen (secondary N) is 1. The number of halogens is 1. The molecule has 0 saturated heterocycles. The number of hydrogen-bond donors (Lipinski definition) is 3. The highest BCUT2D eigenvalue weighted by Crippen LogP contribution is 2.21. The maximum absolute atomic E-state index is 11.7. The van der Waals surface area contributed by atoms with E-state index in [1.165, 1.54) is 18.2 Å². The number of aromatic hydroxyl groups is 1. The van der Waals surface area contributed by atoms with Crippen molar-refractivity contribution in [1.82, 2.24) is 5.32 Å². The summed E-state index contributed by atoms with van der Waals surface area (Å²) in [5, 5.41) is 21.4.